The Morgan fingerprint density at radius 2 is 2.00 bits per heavy atom. The number of hydrogen-bond donors (Lipinski definition) is 2. The van der Waals surface area contributed by atoms with Crippen LogP contribution in [0.4, 0.5) is 5.00 Å². The molecule has 0 saturated carbocycles. The summed E-state index contributed by atoms with van der Waals surface area (Å²) in [7, 11) is -1.33. The van der Waals surface area contributed by atoms with E-state index in [9.17, 15) is 0 Å². The van der Waals surface area contributed by atoms with Crippen molar-refractivity contribution in [1.29, 1.82) is 0 Å². The van der Waals surface area contributed by atoms with E-state index in [2.05, 4.69) is 11.8 Å². The van der Waals surface area contributed by atoms with Crippen molar-refractivity contribution in [2.24, 2.45) is 5.92 Å². The summed E-state index contributed by atoms with van der Waals surface area (Å²) in [5.74, 6) is 0.823. The topological polar surface area (TPSA) is 43.7 Å². The van der Waals surface area contributed by atoms with E-state index in [1.807, 2.05) is 6.07 Å². The molecule has 1 aliphatic heterocycles. The summed E-state index contributed by atoms with van der Waals surface area (Å²) in [6.45, 7) is 4.46. The Bertz CT molecular complexity index is 321. The Morgan fingerprint density at radius 3 is 2.53 bits per heavy atom. The van der Waals surface area contributed by atoms with E-state index in [-0.39, 0.29) is 0 Å². The molecule has 0 aliphatic carbocycles. The maximum absolute atomic E-state index is 9.02. The average Bonchev–Trinajstić information content (AvgIpc) is 2.68. The van der Waals surface area contributed by atoms with Gasteiger partial charge in [-0.25, -0.2) is 0 Å². The van der Waals surface area contributed by atoms with E-state index in [1.54, 1.807) is 6.07 Å². The van der Waals surface area contributed by atoms with Crippen LogP contribution in [0.2, 0.25) is 0 Å². The second kappa shape index (κ2) is 4.55. The van der Waals surface area contributed by atoms with Crippen LogP contribution in [0.1, 0.15) is 19.8 Å². The molecule has 1 fully saturated rings. The smallest absolute Gasteiger partial charge is 0.423 e. The van der Waals surface area contributed by atoms with Gasteiger partial charge in [-0.15, -0.1) is 11.3 Å². The first-order chi connectivity index (χ1) is 7.16. The third kappa shape index (κ3) is 2.54. The quantitative estimate of drug-likeness (QED) is 0.727. The van der Waals surface area contributed by atoms with Crippen LogP contribution in [-0.4, -0.2) is 30.3 Å². The van der Waals surface area contributed by atoms with Gasteiger partial charge in [0.1, 0.15) is 0 Å². The maximum Gasteiger partial charge on any atom is 0.499 e. The summed E-state index contributed by atoms with van der Waals surface area (Å²) in [6, 6.07) is 3.78. The lowest BCUT2D eigenvalue weighted by Crippen LogP contribution is -2.32. The van der Waals surface area contributed by atoms with Crippen molar-refractivity contribution in [3.05, 3.63) is 12.1 Å². The van der Waals surface area contributed by atoms with Crippen molar-refractivity contribution in [3.8, 4) is 0 Å². The Labute approximate surface area is 94.5 Å². The fraction of sp³-hybridized carbons (Fsp3) is 0.600. The summed E-state index contributed by atoms with van der Waals surface area (Å²) < 4.78 is 0.628. The van der Waals surface area contributed by atoms with Crippen molar-refractivity contribution in [2.75, 3.05) is 18.0 Å². The largest absolute Gasteiger partial charge is 0.499 e. The fourth-order valence-electron chi connectivity index (χ4n) is 1.88. The van der Waals surface area contributed by atoms with Gasteiger partial charge in [0.2, 0.25) is 0 Å². The summed E-state index contributed by atoms with van der Waals surface area (Å²) in [5.41, 5.74) is 0. The summed E-state index contributed by atoms with van der Waals surface area (Å²) in [4.78, 5) is 2.33. The zero-order valence-corrected chi connectivity index (χ0v) is 9.70. The lowest BCUT2D eigenvalue weighted by molar-refractivity contribution is 0.427. The molecule has 2 rings (SSSR count). The Morgan fingerprint density at radius 1 is 1.33 bits per heavy atom. The van der Waals surface area contributed by atoms with E-state index < -0.39 is 7.12 Å². The molecule has 0 aromatic carbocycles. The third-order valence-electron chi connectivity index (χ3n) is 2.96. The van der Waals surface area contributed by atoms with Crippen LogP contribution in [0.5, 0.6) is 0 Å². The number of piperidine rings is 1. The Kier molecular flexibility index (Phi) is 3.33. The second-order valence-corrected chi connectivity index (χ2v) is 5.31. The van der Waals surface area contributed by atoms with Gasteiger partial charge < -0.3 is 14.9 Å². The highest BCUT2D eigenvalue weighted by Gasteiger charge is 2.20. The van der Waals surface area contributed by atoms with Crippen LogP contribution in [0.15, 0.2) is 12.1 Å². The maximum atomic E-state index is 9.02. The van der Waals surface area contributed by atoms with Crippen LogP contribution >= 0.6 is 11.3 Å². The van der Waals surface area contributed by atoms with E-state index >= 15 is 0 Å². The third-order valence-corrected chi connectivity index (χ3v) is 4.15. The van der Waals surface area contributed by atoms with Crippen LogP contribution in [0.3, 0.4) is 0 Å². The molecule has 82 valence electrons. The molecule has 0 spiro atoms. The standard InChI is InChI=1S/C10H16BNO2S/c1-8-4-6-12(7-5-8)10-3-2-9(15-10)11(13)14/h2-3,8,13-14H,4-7H2,1H3. The zero-order chi connectivity index (χ0) is 10.8. The van der Waals surface area contributed by atoms with Crippen LogP contribution in [0, 0.1) is 5.92 Å². The van der Waals surface area contributed by atoms with Gasteiger partial charge in [0.25, 0.3) is 0 Å². The van der Waals surface area contributed by atoms with E-state index in [0.717, 1.165) is 24.0 Å². The second-order valence-electron chi connectivity index (χ2n) is 4.22. The molecular weight excluding hydrogens is 209 g/mol. The summed E-state index contributed by atoms with van der Waals surface area (Å²) in [6.07, 6.45) is 2.46. The van der Waals surface area contributed by atoms with Crippen LogP contribution in [-0.2, 0) is 0 Å². The molecule has 0 amide bonds. The van der Waals surface area contributed by atoms with Gasteiger partial charge >= 0.3 is 7.12 Å². The molecule has 5 heteroatoms. The van der Waals surface area contributed by atoms with Gasteiger partial charge in [0.05, 0.1) is 5.00 Å². The predicted molar refractivity (Wildman–Crippen MR) is 64.8 cm³/mol. The first-order valence-corrected chi connectivity index (χ1v) is 6.19. The molecule has 1 saturated heterocycles. The van der Waals surface area contributed by atoms with E-state index in [0.29, 0.717) is 4.78 Å². The molecule has 15 heavy (non-hydrogen) atoms. The Hall–Kier alpha value is -0.515. The number of thiophene rings is 1. The molecule has 0 radical (unpaired) electrons. The fourth-order valence-corrected chi connectivity index (χ4v) is 2.81. The van der Waals surface area contributed by atoms with Gasteiger partial charge in [0, 0.05) is 17.9 Å². The molecule has 1 aliphatic rings. The molecule has 2 heterocycles. The van der Waals surface area contributed by atoms with Crippen molar-refractivity contribution in [2.45, 2.75) is 19.8 Å². The monoisotopic (exact) mass is 225 g/mol. The van der Waals surface area contributed by atoms with Crippen molar-refractivity contribution >= 4 is 28.2 Å². The number of anilines is 1. The Balaban J connectivity index is 2.03. The van der Waals surface area contributed by atoms with Crippen LogP contribution < -0.4 is 9.68 Å². The van der Waals surface area contributed by atoms with Gasteiger partial charge in [0.15, 0.2) is 0 Å². The molecule has 0 atom stereocenters. The molecule has 1 aromatic heterocycles. The predicted octanol–water partition coefficient (Wildman–Crippen LogP) is 0.664. The van der Waals surface area contributed by atoms with Gasteiger partial charge in [-0.05, 0) is 30.9 Å². The SMILES string of the molecule is CC1CCN(c2ccc(B(O)O)s2)CC1. The van der Waals surface area contributed by atoms with Gasteiger partial charge in [-0.1, -0.05) is 6.92 Å². The minimum Gasteiger partial charge on any atom is -0.423 e. The molecular formula is C10H16BNO2S. The van der Waals surface area contributed by atoms with Crippen molar-refractivity contribution in [3.63, 3.8) is 0 Å². The minimum atomic E-state index is -1.33. The zero-order valence-electron chi connectivity index (χ0n) is 8.89. The highest BCUT2D eigenvalue weighted by Crippen LogP contribution is 2.25. The molecule has 0 unspecified atom stereocenters. The molecule has 2 N–H and O–H groups in total. The van der Waals surface area contributed by atoms with Crippen LogP contribution in [0.25, 0.3) is 0 Å². The first kappa shape index (κ1) is 11.0. The average molecular weight is 225 g/mol. The number of hydrogen-bond acceptors (Lipinski definition) is 4. The normalized spacial score (nSPS) is 18.2. The van der Waals surface area contributed by atoms with E-state index in [4.69, 9.17) is 10.0 Å². The van der Waals surface area contributed by atoms with Gasteiger partial charge in [-0.2, -0.15) is 0 Å². The lowest BCUT2D eigenvalue weighted by atomic mass is 9.90. The summed E-state index contributed by atoms with van der Waals surface area (Å²) >= 11 is 1.47. The molecule has 0 bridgehead atoms. The highest BCUT2D eigenvalue weighted by atomic mass is 32.1. The number of rotatable bonds is 2. The van der Waals surface area contributed by atoms with Gasteiger partial charge in [-0.3, -0.25) is 0 Å². The highest BCUT2D eigenvalue weighted by molar-refractivity contribution is 7.25. The molecule has 1 aromatic rings. The molecule has 3 nitrogen and oxygen atoms in total. The minimum absolute atomic E-state index is 0.628. The summed E-state index contributed by atoms with van der Waals surface area (Å²) in [5, 5.41) is 19.2. The van der Waals surface area contributed by atoms with E-state index in [1.165, 1.54) is 24.2 Å². The number of nitrogens with zero attached hydrogens (tertiary/aromatic N) is 1. The van der Waals surface area contributed by atoms with Crippen molar-refractivity contribution in [1.82, 2.24) is 0 Å². The first-order valence-electron chi connectivity index (χ1n) is 5.37. The lowest BCUT2D eigenvalue weighted by Gasteiger charge is -2.30. The van der Waals surface area contributed by atoms with Crippen molar-refractivity contribution < 1.29 is 10.0 Å².